The highest BCUT2D eigenvalue weighted by Gasteiger charge is 2.19. The summed E-state index contributed by atoms with van der Waals surface area (Å²) in [6.45, 7) is 3.86. The fourth-order valence-electron chi connectivity index (χ4n) is 3.45. The molecule has 28 heavy (non-hydrogen) atoms. The van der Waals surface area contributed by atoms with E-state index in [0.29, 0.717) is 0 Å². The summed E-state index contributed by atoms with van der Waals surface area (Å²) in [7, 11) is 0. The molecule has 0 bridgehead atoms. The third kappa shape index (κ3) is 4.43. The summed E-state index contributed by atoms with van der Waals surface area (Å²) in [6, 6.07) is 22.4. The number of amides is 1. The zero-order chi connectivity index (χ0) is 19.5. The zero-order valence-corrected chi connectivity index (χ0v) is 17.2. The molecule has 0 unspecified atom stereocenters. The van der Waals surface area contributed by atoms with E-state index in [-0.39, 0.29) is 5.91 Å². The first-order valence-electron chi connectivity index (χ1n) is 9.20. The van der Waals surface area contributed by atoms with Crippen molar-refractivity contribution in [2.24, 2.45) is 0 Å². The molecule has 1 aliphatic rings. The molecule has 1 N–H and O–H groups in total. The number of nitrogens with zero attached hydrogens (tertiary/aromatic N) is 1. The normalized spacial score (nSPS) is 13.5. The molecule has 0 saturated carbocycles. The number of benzene rings is 3. The minimum atomic E-state index is -0.0814. The Morgan fingerprint density at radius 1 is 1.00 bits per heavy atom. The number of halogens is 1. The van der Waals surface area contributed by atoms with E-state index in [1.54, 1.807) is 0 Å². The summed E-state index contributed by atoms with van der Waals surface area (Å²) >= 11 is 3.54. The van der Waals surface area contributed by atoms with Gasteiger partial charge in [0.25, 0.3) is 0 Å². The smallest absolute Gasteiger partial charge is 0.221 e. The van der Waals surface area contributed by atoms with Crippen molar-refractivity contribution in [2.75, 3.05) is 5.32 Å². The van der Waals surface area contributed by atoms with Crippen molar-refractivity contribution in [3.63, 3.8) is 0 Å². The van der Waals surface area contributed by atoms with Crippen LogP contribution >= 0.6 is 15.9 Å². The second kappa shape index (κ2) is 8.17. The van der Waals surface area contributed by atoms with E-state index >= 15 is 0 Å². The standard InChI is InChI=1S/C23H21BrN2O2/c1-16(27)25-21-9-10-22-19(11-21)15-26(13-17-5-3-2-4-6-17)14-18-7-8-20(24)12-23(18)28-22/h2-12H,13-15H2,1H3,(H,25,27). The molecule has 3 aromatic carbocycles. The van der Waals surface area contributed by atoms with Crippen LogP contribution in [-0.2, 0) is 24.4 Å². The Labute approximate surface area is 173 Å². The topological polar surface area (TPSA) is 41.6 Å². The Hall–Kier alpha value is -2.63. The summed E-state index contributed by atoms with van der Waals surface area (Å²) in [6.07, 6.45) is 0. The quantitative estimate of drug-likeness (QED) is 0.570. The molecule has 0 aromatic heterocycles. The van der Waals surface area contributed by atoms with E-state index in [9.17, 15) is 4.79 Å². The maximum absolute atomic E-state index is 11.5. The van der Waals surface area contributed by atoms with Crippen molar-refractivity contribution in [3.8, 4) is 11.5 Å². The molecule has 142 valence electrons. The highest BCUT2D eigenvalue weighted by atomic mass is 79.9. The minimum absolute atomic E-state index is 0.0814. The van der Waals surface area contributed by atoms with E-state index in [2.05, 4.69) is 56.5 Å². The fraction of sp³-hybridized carbons (Fsp3) is 0.174. The van der Waals surface area contributed by atoms with Crippen molar-refractivity contribution < 1.29 is 9.53 Å². The lowest BCUT2D eigenvalue weighted by Gasteiger charge is -2.28. The van der Waals surface area contributed by atoms with Crippen molar-refractivity contribution in [2.45, 2.75) is 26.6 Å². The van der Waals surface area contributed by atoms with Crippen molar-refractivity contribution in [1.29, 1.82) is 0 Å². The molecule has 4 nitrogen and oxygen atoms in total. The SMILES string of the molecule is CC(=O)Nc1ccc2c(c1)CN(Cc1ccccc1)Cc1ccc(Br)cc1O2. The summed E-state index contributed by atoms with van der Waals surface area (Å²) in [5.74, 6) is 1.58. The van der Waals surface area contributed by atoms with Gasteiger partial charge in [-0.15, -0.1) is 0 Å². The first-order chi connectivity index (χ1) is 13.6. The van der Waals surface area contributed by atoms with E-state index in [1.165, 1.54) is 12.5 Å². The molecule has 1 amide bonds. The molecule has 4 rings (SSSR count). The first kappa shape index (κ1) is 18.7. The van der Waals surface area contributed by atoms with Gasteiger partial charge in [-0.1, -0.05) is 52.3 Å². The van der Waals surface area contributed by atoms with Gasteiger partial charge in [-0.25, -0.2) is 0 Å². The number of rotatable bonds is 3. The lowest BCUT2D eigenvalue weighted by molar-refractivity contribution is -0.114. The third-order valence-corrected chi connectivity index (χ3v) is 5.16. The summed E-state index contributed by atoms with van der Waals surface area (Å²) in [4.78, 5) is 13.8. The Bertz CT molecular complexity index is 1000. The molecule has 0 spiro atoms. The maximum Gasteiger partial charge on any atom is 0.221 e. The molecule has 0 saturated heterocycles. The predicted octanol–water partition coefficient (Wildman–Crippen LogP) is 5.72. The monoisotopic (exact) mass is 436 g/mol. The number of carbonyl (C=O) groups is 1. The second-order valence-corrected chi connectivity index (χ2v) is 7.90. The molecule has 5 heteroatoms. The van der Waals surface area contributed by atoms with Crippen molar-refractivity contribution in [3.05, 3.63) is 87.9 Å². The van der Waals surface area contributed by atoms with Crippen molar-refractivity contribution >= 4 is 27.5 Å². The van der Waals surface area contributed by atoms with E-state index < -0.39 is 0 Å². The second-order valence-electron chi connectivity index (χ2n) is 6.99. The average Bonchev–Trinajstić information content (AvgIpc) is 2.65. The number of anilines is 1. The molecule has 0 aliphatic carbocycles. The first-order valence-corrected chi connectivity index (χ1v) is 9.99. The van der Waals surface area contributed by atoms with Crippen molar-refractivity contribution in [1.82, 2.24) is 4.90 Å². The highest BCUT2D eigenvalue weighted by molar-refractivity contribution is 9.10. The van der Waals surface area contributed by atoms with Crippen LogP contribution in [0.5, 0.6) is 11.5 Å². The van der Waals surface area contributed by atoms with E-state index in [1.807, 2.05) is 36.4 Å². The zero-order valence-electron chi connectivity index (χ0n) is 15.6. The van der Waals surface area contributed by atoms with Gasteiger partial charge in [0.15, 0.2) is 0 Å². The number of carbonyl (C=O) groups excluding carboxylic acids is 1. The number of hydrogen-bond donors (Lipinski definition) is 1. The highest BCUT2D eigenvalue weighted by Crippen LogP contribution is 2.36. The molecular formula is C23H21BrN2O2. The Morgan fingerprint density at radius 2 is 1.79 bits per heavy atom. The van der Waals surface area contributed by atoms with Gasteiger partial charge in [-0.2, -0.15) is 0 Å². The number of hydrogen-bond acceptors (Lipinski definition) is 3. The number of fused-ring (bicyclic) bond motifs is 2. The van der Waals surface area contributed by atoms with Crippen LogP contribution in [0.2, 0.25) is 0 Å². The molecule has 0 radical (unpaired) electrons. The molecule has 0 atom stereocenters. The van der Waals surface area contributed by atoms with Gasteiger partial charge in [0.05, 0.1) is 0 Å². The lowest BCUT2D eigenvalue weighted by Crippen LogP contribution is -2.24. The maximum atomic E-state index is 11.5. The molecule has 0 fully saturated rings. The van der Waals surface area contributed by atoms with E-state index in [4.69, 9.17) is 4.74 Å². The summed E-state index contributed by atoms with van der Waals surface area (Å²) in [5.41, 5.74) is 4.25. The Morgan fingerprint density at radius 3 is 2.57 bits per heavy atom. The summed E-state index contributed by atoms with van der Waals surface area (Å²) in [5, 5.41) is 2.86. The predicted molar refractivity (Wildman–Crippen MR) is 114 cm³/mol. The van der Waals surface area contributed by atoms with Crippen LogP contribution in [0, 0.1) is 0 Å². The van der Waals surface area contributed by atoms with Crippen LogP contribution < -0.4 is 10.1 Å². The van der Waals surface area contributed by atoms with Gasteiger partial charge in [-0.3, -0.25) is 9.69 Å². The fourth-order valence-corrected chi connectivity index (χ4v) is 3.79. The van der Waals surface area contributed by atoms with Gasteiger partial charge < -0.3 is 10.1 Å². The molecular weight excluding hydrogens is 416 g/mol. The number of nitrogens with one attached hydrogen (secondary N) is 1. The van der Waals surface area contributed by atoms with Crippen LogP contribution in [0.3, 0.4) is 0 Å². The van der Waals surface area contributed by atoms with Crippen LogP contribution in [-0.4, -0.2) is 10.8 Å². The summed E-state index contributed by atoms with van der Waals surface area (Å²) < 4.78 is 7.24. The van der Waals surface area contributed by atoms with Crippen LogP contribution in [0.4, 0.5) is 5.69 Å². The Kier molecular flexibility index (Phi) is 5.46. The Balaban J connectivity index is 1.73. The van der Waals surface area contributed by atoms with Gasteiger partial charge >= 0.3 is 0 Å². The van der Waals surface area contributed by atoms with Crippen LogP contribution in [0.25, 0.3) is 0 Å². The largest absolute Gasteiger partial charge is 0.457 e. The third-order valence-electron chi connectivity index (χ3n) is 4.67. The number of ether oxygens (including phenoxy) is 1. The van der Waals surface area contributed by atoms with Crippen LogP contribution in [0.15, 0.2) is 71.2 Å². The van der Waals surface area contributed by atoms with E-state index in [0.717, 1.165) is 52.4 Å². The van der Waals surface area contributed by atoms with Gasteiger partial charge in [-0.05, 0) is 35.9 Å². The lowest BCUT2D eigenvalue weighted by atomic mass is 10.1. The average molecular weight is 437 g/mol. The van der Waals surface area contributed by atoms with Gasteiger partial charge in [0, 0.05) is 47.8 Å². The van der Waals surface area contributed by atoms with Gasteiger partial charge in [0.1, 0.15) is 11.5 Å². The van der Waals surface area contributed by atoms with Crippen LogP contribution in [0.1, 0.15) is 23.6 Å². The molecule has 3 aromatic rings. The molecule has 1 aliphatic heterocycles. The molecule has 1 heterocycles. The minimum Gasteiger partial charge on any atom is -0.457 e. The van der Waals surface area contributed by atoms with Gasteiger partial charge in [0.2, 0.25) is 5.91 Å².